The fourth-order valence-corrected chi connectivity index (χ4v) is 2.19. The van der Waals surface area contributed by atoms with E-state index in [9.17, 15) is 4.79 Å². The maximum atomic E-state index is 11.4. The van der Waals surface area contributed by atoms with Gasteiger partial charge in [-0.2, -0.15) is 0 Å². The van der Waals surface area contributed by atoms with Gasteiger partial charge in [0.05, 0.1) is 0 Å². The van der Waals surface area contributed by atoms with Crippen LogP contribution in [0.2, 0.25) is 0 Å². The van der Waals surface area contributed by atoms with Crippen LogP contribution in [0.1, 0.15) is 84.5 Å². The Hall–Kier alpha value is -1.31. The molecule has 2 nitrogen and oxygen atoms in total. The Morgan fingerprint density at radius 1 is 0.739 bits per heavy atom. The Kier molecular flexibility index (Phi) is 17.7. The van der Waals surface area contributed by atoms with Crippen molar-refractivity contribution >= 4 is 5.91 Å². The molecule has 0 aliphatic carbocycles. The summed E-state index contributed by atoms with van der Waals surface area (Å²) < 4.78 is 0. The highest BCUT2D eigenvalue weighted by Gasteiger charge is 1.99. The lowest BCUT2D eigenvalue weighted by molar-refractivity contribution is -0.120. The fraction of sp³-hybridized carbons (Fsp3) is 0.619. The standard InChI is InChI=1S/C21H36NO/c1-3-5-6-7-8-9-10-11-12-13-14-15-16-17-18-19-21(23)22-20-4-2/h5-6,8-9,11-12,20H,3-4,7,10,13-19H2,1-2H3,(H,22,23)/b6-5-,9-8-,12-11-. The van der Waals surface area contributed by atoms with Crippen LogP contribution in [0.15, 0.2) is 36.5 Å². The van der Waals surface area contributed by atoms with Gasteiger partial charge in [0.1, 0.15) is 0 Å². The first-order valence-corrected chi connectivity index (χ1v) is 9.37. The van der Waals surface area contributed by atoms with Crippen molar-refractivity contribution in [2.45, 2.75) is 84.5 Å². The molecule has 0 fully saturated rings. The molecule has 1 amide bonds. The number of carbonyl (C=O) groups is 1. The van der Waals surface area contributed by atoms with Crippen LogP contribution in [-0.4, -0.2) is 5.91 Å². The van der Waals surface area contributed by atoms with Gasteiger partial charge in [0, 0.05) is 13.0 Å². The SMILES string of the molecule is CC[CH]NC(=O)CCCCCCC/C=C\C/C=C\C/C=C\CC. The topological polar surface area (TPSA) is 29.1 Å². The van der Waals surface area contributed by atoms with Crippen LogP contribution in [-0.2, 0) is 4.79 Å². The quantitative estimate of drug-likeness (QED) is 0.280. The first kappa shape index (κ1) is 21.7. The summed E-state index contributed by atoms with van der Waals surface area (Å²) >= 11 is 0. The van der Waals surface area contributed by atoms with E-state index in [1.807, 2.05) is 13.5 Å². The van der Waals surface area contributed by atoms with Gasteiger partial charge in [-0.05, 0) is 44.9 Å². The molecule has 0 saturated carbocycles. The highest BCUT2D eigenvalue weighted by atomic mass is 16.1. The molecule has 0 aliphatic heterocycles. The van der Waals surface area contributed by atoms with Crippen LogP contribution >= 0.6 is 0 Å². The van der Waals surface area contributed by atoms with Crippen molar-refractivity contribution in [1.29, 1.82) is 0 Å². The average molecular weight is 319 g/mol. The van der Waals surface area contributed by atoms with Crippen molar-refractivity contribution in [3.63, 3.8) is 0 Å². The van der Waals surface area contributed by atoms with Crippen LogP contribution in [0.25, 0.3) is 0 Å². The van der Waals surface area contributed by atoms with Gasteiger partial charge in [0.15, 0.2) is 0 Å². The minimum atomic E-state index is 0.160. The third-order valence-electron chi connectivity index (χ3n) is 3.52. The molecule has 131 valence electrons. The van der Waals surface area contributed by atoms with Crippen LogP contribution in [0.3, 0.4) is 0 Å². The van der Waals surface area contributed by atoms with E-state index in [0.717, 1.165) is 38.5 Å². The maximum absolute atomic E-state index is 11.4. The summed E-state index contributed by atoms with van der Waals surface area (Å²) in [5.41, 5.74) is 0. The van der Waals surface area contributed by atoms with Crippen molar-refractivity contribution in [2.24, 2.45) is 0 Å². The monoisotopic (exact) mass is 318 g/mol. The molecule has 0 bridgehead atoms. The first-order chi connectivity index (χ1) is 11.3. The molecule has 0 aliphatic rings. The van der Waals surface area contributed by atoms with Crippen LogP contribution in [0, 0.1) is 6.54 Å². The van der Waals surface area contributed by atoms with Crippen molar-refractivity contribution in [3.8, 4) is 0 Å². The summed E-state index contributed by atoms with van der Waals surface area (Å²) in [6, 6.07) is 0. The zero-order valence-corrected chi connectivity index (χ0v) is 15.2. The molecule has 0 aromatic heterocycles. The molecule has 23 heavy (non-hydrogen) atoms. The van der Waals surface area contributed by atoms with E-state index in [-0.39, 0.29) is 5.91 Å². The number of hydrogen-bond donors (Lipinski definition) is 1. The van der Waals surface area contributed by atoms with Gasteiger partial charge in [-0.25, -0.2) is 0 Å². The number of carbonyl (C=O) groups excluding carboxylic acids is 1. The Morgan fingerprint density at radius 2 is 1.35 bits per heavy atom. The van der Waals surface area contributed by atoms with Crippen molar-refractivity contribution < 1.29 is 4.79 Å². The predicted octanol–water partition coefficient (Wildman–Crippen LogP) is 6.26. The largest absolute Gasteiger partial charge is 0.351 e. The number of nitrogens with one attached hydrogen (secondary N) is 1. The first-order valence-electron chi connectivity index (χ1n) is 9.37. The Balaban J connectivity index is 3.28. The minimum absolute atomic E-state index is 0.160. The predicted molar refractivity (Wildman–Crippen MR) is 102 cm³/mol. The lowest BCUT2D eigenvalue weighted by atomic mass is 10.1. The molecular formula is C21H36NO. The molecule has 0 heterocycles. The molecule has 0 atom stereocenters. The third-order valence-corrected chi connectivity index (χ3v) is 3.52. The van der Waals surface area contributed by atoms with Crippen LogP contribution in [0.5, 0.6) is 0 Å². The summed E-state index contributed by atoms with van der Waals surface area (Å²) in [5.74, 6) is 0.160. The van der Waals surface area contributed by atoms with E-state index in [1.165, 1.54) is 25.7 Å². The smallest absolute Gasteiger partial charge is 0.220 e. The molecule has 1 radical (unpaired) electrons. The maximum Gasteiger partial charge on any atom is 0.220 e. The highest BCUT2D eigenvalue weighted by molar-refractivity contribution is 5.76. The minimum Gasteiger partial charge on any atom is -0.351 e. The molecule has 1 N–H and O–H groups in total. The van der Waals surface area contributed by atoms with Crippen LogP contribution in [0.4, 0.5) is 0 Å². The number of amides is 1. The number of unbranched alkanes of at least 4 members (excludes halogenated alkanes) is 5. The van der Waals surface area contributed by atoms with Gasteiger partial charge in [-0.1, -0.05) is 69.6 Å². The highest BCUT2D eigenvalue weighted by Crippen LogP contribution is 2.08. The van der Waals surface area contributed by atoms with Gasteiger partial charge in [-0.3, -0.25) is 4.79 Å². The second-order valence-electron chi connectivity index (χ2n) is 5.78. The van der Waals surface area contributed by atoms with Crippen molar-refractivity contribution in [1.82, 2.24) is 5.32 Å². The second kappa shape index (κ2) is 18.7. The van der Waals surface area contributed by atoms with E-state index in [2.05, 4.69) is 48.7 Å². The lowest BCUT2D eigenvalue weighted by Crippen LogP contribution is -2.19. The molecular weight excluding hydrogens is 282 g/mol. The lowest BCUT2D eigenvalue weighted by Gasteiger charge is -2.02. The van der Waals surface area contributed by atoms with Crippen molar-refractivity contribution in [3.05, 3.63) is 43.0 Å². The van der Waals surface area contributed by atoms with Gasteiger partial charge < -0.3 is 5.32 Å². The molecule has 0 aromatic rings. The summed E-state index contributed by atoms with van der Waals surface area (Å²) in [6.45, 7) is 6.01. The summed E-state index contributed by atoms with van der Waals surface area (Å²) in [6.07, 6.45) is 25.3. The molecule has 2 heteroatoms. The number of allylic oxidation sites excluding steroid dienone is 6. The van der Waals surface area contributed by atoms with Gasteiger partial charge >= 0.3 is 0 Å². The van der Waals surface area contributed by atoms with Gasteiger partial charge in [0.25, 0.3) is 0 Å². The third kappa shape index (κ3) is 18.6. The number of rotatable bonds is 15. The number of hydrogen-bond acceptors (Lipinski definition) is 1. The average Bonchev–Trinajstić information content (AvgIpc) is 2.56. The van der Waals surface area contributed by atoms with Crippen LogP contribution < -0.4 is 5.32 Å². The Labute approximate surface area is 144 Å². The van der Waals surface area contributed by atoms with E-state index < -0.39 is 0 Å². The normalized spacial score (nSPS) is 11.9. The molecule has 0 aromatic carbocycles. The molecule has 0 rings (SSSR count). The summed E-state index contributed by atoms with van der Waals surface area (Å²) in [5, 5.41) is 2.80. The molecule has 0 spiro atoms. The summed E-state index contributed by atoms with van der Waals surface area (Å²) in [7, 11) is 0. The zero-order chi connectivity index (χ0) is 17.0. The van der Waals surface area contributed by atoms with E-state index in [4.69, 9.17) is 0 Å². The van der Waals surface area contributed by atoms with E-state index >= 15 is 0 Å². The second-order valence-corrected chi connectivity index (χ2v) is 5.78. The van der Waals surface area contributed by atoms with Gasteiger partial charge in [0.2, 0.25) is 5.91 Å². The Bertz CT molecular complexity index is 342. The molecule has 0 unspecified atom stereocenters. The van der Waals surface area contributed by atoms with E-state index in [0.29, 0.717) is 6.42 Å². The van der Waals surface area contributed by atoms with E-state index in [1.54, 1.807) is 0 Å². The van der Waals surface area contributed by atoms with Gasteiger partial charge in [-0.15, -0.1) is 0 Å². The Morgan fingerprint density at radius 3 is 2.04 bits per heavy atom. The fourth-order valence-electron chi connectivity index (χ4n) is 2.19. The zero-order valence-electron chi connectivity index (χ0n) is 15.2. The van der Waals surface area contributed by atoms with Crippen molar-refractivity contribution in [2.75, 3.05) is 0 Å². The molecule has 0 saturated heterocycles. The summed E-state index contributed by atoms with van der Waals surface area (Å²) in [4.78, 5) is 11.4.